The minimum atomic E-state index is -1.69. The fourth-order valence-electron chi connectivity index (χ4n) is 2.87. The lowest BCUT2D eigenvalue weighted by molar-refractivity contribution is -0.134. The Hall–Kier alpha value is -0.313. The monoisotopic (exact) mass is 216 g/mol. The molecule has 0 saturated carbocycles. The van der Waals surface area contributed by atoms with Gasteiger partial charge in [0.25, 0.3) is 0 Å². The van der Waals surface area contributed by atoms with Gasteiger partial charge in [0, 0.05) is 6.04 Å². The molecule has 0 atom stereocenters. The zero-order valence-electron chi connectivity index (χ0n) is 10.3. The Morgan fingerprint density at radius 3 is 1.36 bits per heavy atom. The summed E-state index contributed by atoms with van der Waals surface area (Å²) in [7, 11) is -1.69. The Morgan fingerprint density at radius 2 is 1.29 bits per heavy atom. The van der Waals surface area contributed by atoms with E-state index in [-0.39, 0.29) is 0 Å². The number of hydrogen-bond donors (Lipinski definition) is 1. The van der Waals surface area contributed by atoms with Crippen molar-refractivity contribution in [2.45, 2.75) is 64.2 Å². The van der Waals surface area contributed by atoms with E-state index in [9.17, 15) is 4.79 Å². The zero-order valence-corrected chi connectivity index (χ0v) is 11.3. The zero-order chi connectivity index (χ0) is 11.5. The van der Waals surface area contributed by atoms with Crippen LogP contribution in [0.4, 0.5) is 0 Å². The second-order valence-corrected chi connectivity index (χ2v) is 11.2. The third kappa shape index (κ3) is 2.59. The molecule has 3 heteroatoms. The van der Waals surface area contributed by atoms with E-state index in [0.29, 0.717) is 22.7 Å². The molecule has 84 valence electrons. The molecule has 0 rings (SSSR count). The van der Waals surface area contributed by atoms with Gasteiger partial charge in [-0.05, 0) is 0 Å². The highest BCUT2D eigenvalue weighted by molar-refractivity contribution is 6.85. The van der Waals surface area contributed by atoms with E-state index in [4.69, 9.17) is 5.11 Å². The standard InChI is InChI=1S/C11H24O2Si/c1-8(2)14(9(3)4,10(5)6)7-11(12)13/h8-10H,7H2,1-6H3,(H,12,13). The molecule has 0 heterocycles. The Morgan fingerprint density at radius 1 is 1.00 bits per heavy atom. The molecule has 14 heavy (non-hydrogen) atoms. The molecule has 0 radical (unpaired) electrons. The average molecular weight is 216 g/mol. The van der Waals surface area contributed by atoms with Crippen LogP contribution in [-0.2, 0) is 4.79 Å². The third-order valence-corrected chi connectivity index (χ3v) is 11.0. The van der Waals surface area contributed by atoms with Crippen molar-refractivity contribution in [1.29, 1.82) is 0 Å². The average Bonchev–Trinajstić information content (AvgIpc) is 1.97. The first kappa shape index (κ1) is 13.7. The lowest BCUT2D eigenvalue weighted by Crippen LogP contribution is -2.46. The Balaban J connectivity index is 5.05. The molecule has 2 nitrogen and oxygen atoms in total. The summed E-state index contributed by atoms with van der Waals surface area (Å²) in [5.74, 6) is -0.618. The number of carboxylic acids is 1. The molecule has 0 amide bonds. The summed E-state index contributed by atoms with van der Waals surface area (Å²) in [6, 6.07) is 0.417. The fraction of sp³-hybridized carbons (Fsp3) is 0.909. The van der Waals surface area contributed by atoms with Crippen LogP contribution in [0.2, 0.25) is 22.7 Å². The molecule has 0 aromatic heterocycles. The highest BCUT2D eigenvalue weighted by atomic mass is 28.3. The van der Waals surface area contributed by atoms with E-state index in [1.807, 2.05) is 0 Å². The van der Waals surface area contributed by atoms with Crippen LogP contribution in [0.3, 0.4) is 0 Å². The molecule has 0 aliphatic carbocycles. The van der Waals surface area contributed by atoms with Crippen molar-refractivity contribution in [1.82, 2.24) is 0 Å². The second kappa shape index (κ2) is 4.96. The van der Waals surface area contributed by atoms with Gasteiger partial charge in [-0.1, -0.05) is 58.2 Å². The van der Waals surface area contributed by atoms with Gasteiger partial charge in [-0.2, -0.15) is 0 Å². The van der Waals surface area contributed by atoms with E-state index < -0.39 is 14.0 Å². The summed E-state index contributed by atoms with van der Waals surface area (Å²) in [5, 5.41) is 9.03. The van der Waals surface area contributed by atoms with Gasteiger partial charge in [-0.15, -0.1) is 0 Å². The van der Waals surface area contributed by atoms with Gasteiger partial charge in [0.2, 0.25) is 0 Å². The summed E-state index contributed by atoms with van der Waals surface area (Å²) in [5.41, 5.74) is 1.62. The lowest BCUT2D eigenvalue weighted by atomic mass is 10.5. The number of carbonyl (C=O) groups is 1. The summed E-state index contributed by atoms with van der Waals surface area (Å²) in [4.78, 5) is 11.0. The van der Waals surface area contributed by atoms with Crippen molar-refractivity contribution in [3.05, 3.63) is 0 Å². The van der Waals surface area contributed by atoms with E-state index in [1.54, 1.807) is 0 Å². The molecular formula is C11H24O2Si. The molecule has 1 N–H and O–H groups in total. The van der Waals surface area contributed by atoms with E-state index in [0.717, 1.165) is 0 Å². The molecule has 0 aliphatic heterocycles. The molecule has 0 aliphatic rings. The Labute approximate surface area is 88.7 Å². The number of carboxylic acid groups (broad SMARTS) is 1. The molecule has 0 spiro atoms. The van der Waals surface area contributed by atoms with Gasteiger partial charge in [0.05, 0.1) is 8.07 Å². The normalized spacial score (nSPS) is 12.9. The van der Waals surface area contributed by atoms with Gasteiger partial charge < -0.3 is 5.11 Å². The van der Waals surface area contributed by atoms with Gasteiger partial charge in [0.15, 0.2) is 0 Å². The first-order valence-electron chi connectivity index (χ1n) is 5.46. The summed E-state index contributed by atoms with van der Waals surface area (Å²) in [6.07, 6.45) is 0. The largest absolute Gasteiger partial charge is 0.481 e. The minimum absolute atomic E-state index is 0.417. The maximum Gasteiger partial charge on any atom is 0.300 e. The summed E-state index contributed by atoms with van der Waals surface area (Å²) in [6.45, 7) is 13.1. The lowest BCUT2D eigenvalue weighted by Gasteiger charge is -2.42. The maximum absolute atomic E-state index is 11.0. The van der Waals surface area contributed by atoms with Crippen molar-refractivity contribution in [2.24, 2.45) is 0 Å². The van der Waals surface area contributed by atoms with E-state index >= 15 is 0 Å². The number of aliphatic carboxylic acids is 1. The quantitative estimate of drug-likeness (QED) is 0.711. The van der Waals surface area contributed by atoms with Crippen LogP contribution in [0.1, 0.15) is 41.5 Å². The summed E-state index contributed by atoms with van der Waals surface area (Å²) >= 11 is 0. The Kier molecular flexibility index (Phi) is 4.85. The first-order valence-corrected chi connectivity index (χ1v) is 7.90. The van der Waals surface area contributed by atoms with Gasteiger partial charge >= 0.3 is 5.97 Å². The van der Waals surface area contributed by atoms with Crippen molar-refractivity contribution < 1.29 is 9.90 Å². The van der Waals surface area contributed by atoms with Crippen LogP contribution in [-0.4, -0.2) is 19.1 Å². The number of rotatable bonds is 5. The van der Waals surface area contributed by atoms with Crippen LogP contribution in [0, 0.1) is 0 Å². The highest BCUT2D eigenvalue weighted by Crippen LogP contribution is 2.44. The minimum Gasteiger partial charge on any atom is -0.481 e. The smallest absolute Gasteiger partial charge is 0.300 e. The highest BCUT2D eigenvalue weighted by Gasteiger charge is 2.44. The topological polar surface area (TPSA) is 37.3 Å². The van der Waals surface area contributed by atoms with Gasteiger partial charge in [-0.25, -0.2) is 0 Å². The molecule has 0 unspecified atom stereocenters. The van der Waals surface area contributed by atoms with Crippen LogP contribution in [0.15, 0.2) is 0 Å². The molecule has 0 saturated heterocycles. The number of hydrogen-bond acceptors (Lipinski definition) is 1. The SMILES string of the molecule is CC(C)[Si](CC(=O)O)(C(C)C)C(C)C. The molecular weight excluding hydrogens is 192 g/mol. The van der Waals surface area contributed by atoms with Gasteiger partial charge in [-0.3, -0.25) is 4.79 Å². The second-order valence-electron chi connectivity index (χ2n) is 5.15. The van der Waals surface area contributed by atoms with E-state index in [1.165, 1.54) is 0 Å². The van der Waals surface area contributed by atoms with Crippen molar-refractivity contribution in [3.8, 4) is 0 Å². The van der Waals surface area contributed by atoms with E-state index in [2.05, 4.69) is 41.5 Å². The van der Waals surface area contributed by atoms with Crippen LogP contribution < -0.4 is 0 Å². The fourth-order valence-corrected chi connectivity index (χ4v) is 8.62. The van der Waals surface area contributed by atoms with Crippen LogP contribution >= 0.6 is 0 Å². The van der Waals surface area contributed by atoms with Crippen molar-refractivity contribution >= 4 is 14.0 Å². The molecule has 0 aromatic rings. The first-order chi connectivity index (χ1) is 6.25. The summed E-state index contributed by atoms with van der Waals surface area (Å²) < 4.78 is 0. The van der Waals surface area contributed by atoms with Crippen LogP contribution in [0.25, 0.3) is 0 Å². The predicted molar refractivity (Wildman–Crippen MR) is 63.5 cm³/mol. The van der Waals surface area contributed by atoms with Crippen molar-refractivity contribution in [3.63, 3.8) is 0 Å². The molecule has 0 bridgehead atoms. The Bertz CT molecular complexity index is 176. The van der Waals surface area contributed by atoms with Gasteiger partial charge in [0.1, 0.15) is 0 Å². The third-order valence-electron chi connectivity index (χ3n) is 3.68. The van der Waals surface area contributed by atoms with Crippen molar-refractivity contribution in [2.75, 3.05) is 0 Å². The molecule has 0 aromatic carbocycles. The van der Waals surface area contributed by atoms with Crippen LogP contribution in [0.5, 0.6) is 0 Å². The maximum atomic E-state index is 11.0. The molecule has 0 fully saturated rings. The predicted octanol–water partition coefficient (Wildman–Crippen LogP) is 3.75.